The normalized spacial score (nSPS) is 11.3. The summed E-state index contributed by atoms with van der Waals surface area (Å²) in [5.41, 5.74) is 3.32. The van der Waals surface area contributed by atoms with Crippen molar-refractivity contribution in [2.24, 2.45) is 0 Å². The van der Waals surface area contributed by atoms with Gasteiger partial charge in [0.05, 0.1) is 10.6 Å². The minimum atomic E-state index is -3.95. The first-order chi connectivity index (χ1) is 17.3. The van der Waals surface area contributed by atoms with Crippen LogP contribution in [0.1, 0.15) is 17.0 Å². The standard InChI is InChI=1S/C27H28N4O3S2/c1-20-4-8-24(9-5-20)31(36(33,34)26-14-12-25(35-3)13-15-26)19-27(32)29-18-22-6-10-23(11-7-22)30-17-16-28-21(30)2/h4-17H,18-19H2,1-3H3,(H,29,32). The fourth-order valence-electron chi connectivity index (χ4n) is 3.71. The topological polar surface area (TPSA) is 84.3 Å². The van der Waals surface area contributed by atoms with Crippen LogP contribution in [0.5, 0.6) is 0 Å². The second kappa shape index (κ2) is 11.0. The molecule has 0 aliphatic rings. The highest BCUT2D eigenvalue weighted by atomic mass is 32.2. The van der Waals surface area contributed by atoms with Crippen molar-refractivity contribution in [3.8, 4) is 5.69 Å². The van der Waals surface area contributed by atoms with E-state index in [9.17, 15) is 13.2 Å². The molecule has 186 valence electrons. The molecule has 0 radical (unpaired) electrons. The molecule has 0 aliphatic carbocycles. The van der Waals surface area contributed by atoms with Gasteiger partial charge in [-0.2, -0.15) is 0 Å². The Kier molecular flexibility index (Phi) is 7.81. The zero-order chi connectivity index (χ0) is 25.7. The molecule has 4 rings (SSSR count). The summed E-state index contributed by atoms with van der Waals surface area (Å²) in [6.07, 6.45) is 5.56. The van der Waals surface area contributed by atoms with E-state index in [2.05, 4.69) is 10.3 Å². The number of imidazole rings is 1. The molecule has 1 aromatic heterocycles. The van der Waals surface area contributed by atoms with Gasteiger partial charge < -0.3 is 9.88 Å². The van der Waals surface area contributed by atoms with Crippen LogP contribution in [0.2, 0.25) is 0 Å². The number of thioether (sulfide) groups is 1. The molecule has 0 atom stereocenters. The Morgan fingerprint density at radius 1 is 0.972 bits per heavy atom. The summed E-state index contributed by atoms with van der Waals surface area (Å²) in [6.45, 7) is 3.81. The number of benzene rings is 3. The molecule has 1 N–H and O–H groups in total. The van der Waals surface area contributed by atoms with E-state index < -0.39 is 15.9 Å². The third-order valence-corrected chi connectivity index (χ3v) is 8.32. The highest BCUT2D eigenvalue weighted by molar-refractivity contribution is 7.98. The quantitative estimate of drug-likeness (QED) is 0.323. The Balaban J connectivity index is 1.50. The lowest BCUT2D eigenvalue weighted by atomic mass is 10.2. The van der Waals surface area contributed by atoms with Gasteiger partial charge in [-0.3, -0.25) is 9.10 Å². The van der Waals surface area contributed by atoms with Gasteiger partial charge in [0.25, 0.3) is 10.0 Å². The third kappa shape index (κ3) is 5.80. The van der Waals surface area contributed by atoms with Crippen LogP contribution >= 0.6 is 11.8 Å². The van der Waals surface area contributed by atoms with Crippen LogP contribution in [0.15, 0.2) is 95.0 Å². The number of aryl methyl sites for hydroxylation is 2. The Bertz CT molecular complexity index is 1430. The number of nitrogens with one attached hydrogen (secondary N) is 1. The van der Waals surface area contributed by atoms with Crippen molar-refractivity contribution in [3.05, 3.63) is 102 Å². The molecule has 0 bridgehead atoms. The van der Waals surface area contributed by atoms with Crippen molar-refractivity contribution in [3.63, 3.8) is 0 Å². The number of carbonyl (C=O) groups excluding carboxylic acids is 1. The molecule has 0 saturated carbocycles. The zero-order valence-electron chi connectivity index (χ0n) is 20.4. The number of rotatable bonds is 9. The van der Waals surface area contributed by atoms with E-state index in [1.165, 1.54) is 11.8 Å². The highest BCUT2D eigenvalue weighted by Gasteiger charge is 2.27. The predicted molar refractivity (Wildman–Crippen MR) is 144 cm³/mol. The van der Waals surface area contributed by atoms with Crippen LogP contribution < -0.4 is 9.62 Å². The van der Waals surface area contributed by atoms with Crippen molar-refractivity contribution in [1.82, 2.24) is 14.9 Å². The minimum absolute atomic E-state index is 0.138. The van der Waals surface area contributed by atoms with E-state index in [0.717, 1.165) is 31.8 Å². The molecule has 0 unspecified atom stereocenters. The van der Waals surface area contributed by atoms with Gasteiger partial charge in [-0.25, -0.2) is 13.4 Å². The third-order valence-electron chi connectivity index (χ3n) is 5.79. The van der Waals surface area contributed by atoms with Gasteiger partial charge in [0.2, 0.25) is 5.91 Å². The van der Waals surface area contributed by atoms with E-state index in [1.807, 2.05) is 67.3 Å². The van der Waals surface area contributed by atoms with Crippen LogP contribution in [0.3, 0.4) is 0 Å². The molecule has 9 heteroatoms. The van der Waals surface area contributed by atoms with Gasteiger partial charge in [0, 0.05) is 29.5 Å². The molecular weight excluding hydrogens is 492 g/mol. The van der Waals surface area contributed by atoms with Gasteiger partial charge in [-0.15, -0.1) is 11.8 Å². The molecule has 3 aromatic carbocycles. The summed E-state index contributed by atoms with van der Waals surface area (Å²) in [4.78, 5) is 18.2. The average Bonchev–Trinajstić information content (AvgIpc) is 3.32. The summed E-state index contributed by atoms with van der Waals surface area (Å²) in [7, 11) is -3.95. The summed E-state index contributed by atoms with van der Waals surface area (Å²) in [6, 6.07) is 21.5. The SMILES string of the molecule is CSc1ccc(S(=O)(=O)N(CC(=O)NCc2ccc(-n3ccnc3C)cc2)c2ccc(C)cc2)cc1. The fraction of sp³-hybridized carbons (Fsp3) is 0.185. The van der Waals surface area contributed by atoms with Gasteiger partial charge >= 0.3 is 0 Å². The average molecular weight is 521 g/mol. The first-order valence-electron chi connectivity index (χ1n) is 11.4. The second-order valence-electron chi connectivity index (χ2n) is 8.31. The Hall–Kier alpha value is -3.56. The summed E-state index contributed by atoms with van der Waals surface area (Å²) >= 11 is 1.53. The Labute approximate surface area is 216 Å². The minimum Gasteiger partial charge on any atom is -0.350 e. The number of carbonyl (C=O) groups is 1. The maximum absolute atomic E-state index is 13.5. The number of hydrogen-bond acceptors (Lipinski definition) is 5. The van der Waals surface area contributed by atoms with Crippen LogP contribution in [-0.2, 0) is 21.4 Å². The second-order valence-corrected chi connectivity index (χ2v) is 11.1. The van der Waals surface area contributed by atoms with E-state index in [0.29, 0.717) is 5.69 Å². The van der Waals surface area contributed by atoms with Crippen molar-refractivity contribution in [2.75, 3.05) is 17.1 Å². The molecule has 36 heavy (non-hydrogen) atoms. The molecule has 7 nitrogen and oxygen atoms in total. The first-order valence-corrected chi connectivity index (χ1v) is 14.0. The molecule has 0 saturated heterocycles. The van der Waals surface area contributed by atoms with Crippen LogP contribution in [0, 0.1) is 13.8 Å². The molecule has 4 aromatic rings. The first kappa shape index (κ1) is 25.5. The predicted octanol–water partition coefficient (Wildman–Crippen LogP) is 4.72. The highest BCUT2D eigenvalue weighted by Crippen LogP contribution is 2.25. The van der Waals surface area contributed by atoms with E-state index in [-0.39, 0.29) is 18.0 Å². The maximum Gasteiger partial charge on any atom is 0.264 e. The van der Waals surface area contributed by atoms with Crippen LogP contribution in [0.4, 0.5) is 5.69 Å². The molecular formula is C27H28N4O3S2. The van der Waals surface area contributed by atoms with Gasteiger partial charge in [-0.1, -0.05) is 29.8 Å². The van der Waals surface area contributed by atoms with Gasteiger partial charge in [-0.05, 0) is 74.2 Å². The lowest BCUT2D eigenvalue weighted by Gasteiger charge is -2.24. The van der Waals surface area contributed by atoms with E-state index in [4.69, 9.17) is 0 Å². The Morgan fingerprint density at radius 2 is 1.64 bits per heavy atom. The number of sulfonamides is 1. The van der Waals surface area contributed by atoms with Crippen LogP contribution in [-0.4, -0.2) is 36.7 Å². The number of hydrogen-bond donors (Lipinski definition) is 1. The summed E-state index contributed by atoms with van der Waals surface area (Å²) in [5, 5.41) is 2.85. The molecule has 1 amide bonds. The van der Waals surface area contributed by atoms with Crippen molar-refractivity contribution >= 4 is 33.4 Å². The van der Waals surface area contributed by atoms with Gasteiger partial charge in [0.1, 0.15) is 12.4 Å². The lowest BCUT2D eigenvalue weighted by molar-refractivity contribution is -0.119. The van der Waals surface area contributed by atoms with E-state index in [1.54, 1.807) is 42.6 Å². The summed E-state index contributed by atoms with van der Waals surface area (Å²) in [5.74, 6) is 0.492. The molecule has 0 aliphatic heterocycles. The number of amides is 1. The fourth-order valence-corrected chi connectivity index (χ4v) is 5.54. The van der Waals surface area contributed by atoms with Crippen molar-refractivity contribution in [1.29, 1.82) is 0 Å². The number of nitrogens with zero attached hydrogens (tertiary/aromatic N) is 3. The smallest absolute Gasteiger partial charge is 0.264 e. The Morgan fingerprint density at radius 3 is 2.22 bits per heavy atom. The number of aromatic nitrogens is 2. The molecule has 0 fully saturated rings. The zero-order valence-corrected chi connectivity index (χ0v) is 22.0. The van der Waals surface area contributed by atoms with Crippen molar-refractivity contribution < 1.29 is 13.2 Å². The van der Waals surface area contributed by atoms with E-state index >= 15 is 0 Å². The molecule has 1 heterocycles. The van der Waals surface area contributed by atoms with Crippen molar-refractivity contribution in [2.45, 2.75) is 30.2 Å². The van der Waals surface area contributed by atoms with Crippen LogP contribution in [0.25, 0.3) is 5.69 Å². The largest absolute Gasteiger partial charge is 0.350 e. The van der Waals surface area contributed by atoms with Gasteiger partial charge in [0.15, 0.2) is 0 Å². The summed E-state index contributed by atoms with van der Waals surface area (Å²) < 4.78 is 30.2. The number of anilines is 1. The lowest BCUT2D eigenvalue weighted by Crippen LogP contribution is -2.40. The maximum atomic E-state index is 13.5. The molecule has 0 spiro atoms. The monoisotopic (exact) mass is 520 g/mol.